The lowest BCUT2D eigenvalue weighted by Crippen LogP contribution is -2.17. The van der Waals surface area contributed by atoms with Crippen LogP contribution in [0, 0.1) is 18.6 Å². The lowest BCUT2D eigenvalue weighted by Gasteiger charge is -2.15. The van der Waals surface area contributed by atoms with Crippen molar-refractivity contribution in [2.24, 2.45) is 0 Å². The van der Waals surface area contributed by atoms with Crippen molar-refractivity contribution < 1.29 is 22.8 Å². The molecule has 0 fully saturated rings. The summed E-state index contributed by atoms with van der Waals surface area (Å²) in [6.07, 6.45) is -1.72. The lowest BCUT2D eigenvalue weighted by molar-refractivity contribution is 0.119. The Morgan fingerprint density at radius 2 is 1.93 bits per heavy atom. The van der Waals surface area contributed by atoms with Crippen LogP contribution in [0.3, 0.4) is 0 Å². The average Bonchev–Trinajstić information content (AvgIpc) is 2.96. The summed E-state index contributed by atoms with van der Waals surface area (Å²) >= 11 is 3.35. The van der Waals surface area contributed by atoms with E-state index >= 15 is 0 Å². The second-order valence-corrected chi connectivity index (χ2v) is 6.73. The van der Waals surface area contributed by atoms with Crippen LogP contribution in [0.15, 0.2) is 51.5 Å². The number of anilines is 1. The van der Waals surface area contributed by atoms with E-state index in [1.165, 1.54) is 13.0 Å². The fourth-order valence-electron chi connectivity index (χ4n) is 2.50. The van der Waals surface area contributed by atoms with Crippen LogP contribution in [-0.2, 0) is 4.74 Å². The van der Waals surface area contributed by atoms with E-state index in [-0.39, 0.29) is 5.56 Å². The molecule has 1 N–H and O–H groups in total. The van der Waals surface area contributed by atoms with Crippen LogP contribution in [0.25, 0.3) is 11.3 Å². The van der Waals surface area contributed by atoms with Crippen LogP contribution in [0.2, 0.25) is 0 Å². The van der Waals surface area contributed by atoms with Gasteiger partial charge in [-0.1, -0.05) is 21.1 Å². The minimum absolute atomic E-state index is 0.0710. The third-order valence-electron chi connectivity index (χ3n) is 3.88. The number of halogens is 3. The van der Waals surface area contributed by atoms with Gasteiger partial charge in [0.05, 0.1) is 0 Å². The zero-order valence-corrected chi connectivity index (χ0v) is 16.0. The van der Waals surface area contributed by atoms with E-state index in [0.717, 1.165) is 16.6 Å². The molecule has 0 aliphatic carbocycles. The molecule has 0 radical (unpaired) electrons. The number of nitrogens with one attached hydrogen (secondary N) is 1. The van der Waals surface area contributed by atoms with E-state index in [4.69, 9.17) is 9.26 Å². The summed E-state index contributed by atoms with van der Waals surface area (Å²) in [5, 5.41) is 6.45. The maximum atomic E-state index is 13.8. The molecule has 0 aliphatic rings. The minimum atomic E-state index is -0.915. The van der Waals surface area contributed by atoms with Crippen molar-refractivity contribution in [3.05, 3.63) is 69.8 Å². The number of ether oxygens (including phenoxy) is 1. The van der Waals surface area contributed by atoms with Crippen molar-refractivity contribution in [2.45, 2.75) is 20.0 Å². The number of hydrogen-bond donors (Lipinski definition) is 1. The van der Waals surface area contributed by atoms with Gasteiger partial charge in [-0.3, -0.25) is 5.32 Å². The van der Waals surface area contributed by atoms with Gasteiger partial charge in [0.15, 0.2) is 5.76 Å². The summed E-state index contributed by atoms with van der Waals surface area (Å²) < 4.78 is 38.3. The summed E-state index contributed by atoms with van der Waals surface area (Å²) in [6.45, 7) is 3.16. The first kappa shape index (κ1) is 19.0. The predicted octanol–water partition coefficient (Wildman–Crippen LogP) is 6.00. The highest BCUT2D eigenvalue weighted by molar-refractivity contribution is 9.10. The molecule has 27 heavy (non-hydrogen) atoms. The van der Waals surface area contributed by atoms with Crippen molar-refractivity contribution >= 4 is 27.7 Å². The van der Waals surface area contributed by atoms with Crippen molar-refractivity contribution in [2.75, 3.05) is 5.32 Å². The van der Waals surface area contributed by atoms with Crippen LogP contribution >= 0.6 is 15.9 Å². The molecule has 1 heterocycles. The van der Waals surface area contributed by atoms with Crippen molar-refractivity contribution in [1.82, 2.24) is 5.16 Å². The fourth-order valence-corrected chi connectivity index (χ4v) is 2.77. The molecule has 0 spiro atoms. The molecule has 3 rings (SSSR count). The molecule has 1 unspecified atom stereocenters. The number of hydrogen-bond acceptors (Lipinski definition) is 4. The number of carbonyl (C=O) groups is 1. The molecule has 0 saturated heterocycles. The number of amides is 1. The van der Waals surface area contributed by atoms with Gasteiger partial charge in [0, 0.05) is 21.7 Å². The third-order valence-corrected chi connectivity index (χ3v) is 4.41. The second kappa shape index (κ2) is 7.87. The number of benzene rings is 2. The number of aryl methyl sites for hydroxylation is 1. The Kier molecular flexibility index (Phi) is 5.55. The molecular formula is C19H15BrF2N2O3. The Balaban J connectivity index is 1.76. The highest BCUT2D eigenvalue weighted by Gasteiger charge is 2.21. The molecule has 5 nitrogen and oxygen atoms in total. The van der Waals surface area contributed by atoms with E-state index in [0.29, 0.717) is 22.7 Å². The van der Waals surface area contributed by atoms with Crippen LogP contribution in [0.5, 0.6) is 0 Å². The molecule has 8 heteroatoms. The van der Waals surface area contributed by atoms with Crippen LogP contribution in [0.4, 0.5) is 19.3 Å². The number of aromatic nitrogens is 1. The Hall–Kier alpha value is -2.74. The Labute approximate surface area is 162 Å². The largest absolute Gasteiger partial charge is 0.441 e. The van der Waals surface area contributed by atoms with Gasteiger partial charge in [0.25, 0.3) is 0 Å². The standard InChI is InChI=1S/C19H15BrF2N2O3/c1-10-17(18(27-24-10)12-3-5-13(20)6-4-12)23-19(25)26-11(2)15-8-7-14(21)9-16(15)22/h3-9,11H,1-2H3,(H,23,25). The van der Waals surface area contributed by atoms with Gasteiger partial charge in [0.2, 0.25) is 0 Å². The second-order valence-electron chi connectivity index (χ2n) is 5.82. The summed E-state index contributed by atoms with van der Waals surface area (Å²) in [5.41, 5.74) is 1.60. The zero-order valence-electron chi connectivity index (χ0n) is 14.4. The lowest BCUT2D eigenvalue weighted by atomic mass is 10.1. The minimum Gasteiger partial charge on any atom is -0.441 e. The smallest absolute Gasteiger partial charge is 0.412 e. The zero-order chi connectivity index (χ0) is 19.6. The summed E-state index contributed by atoms with van der Waals surface area (Å²) in [7, 11) is 0. The van der Waals surface area contributed by atoms with E-state index in [1.807, 2.05) is 12.1 Å². The third kappa shape index (κ3) is 4.33. The fraction of sp³-hybridized carbons (Fsp3) is 0.158. The molecule has 0 saturated carbocycles. The van der Waals surface area contributed by atoms with E-state index in [1.54, 1.807) is 19.1 Å². The Morgan fingerprint density at radius 1 is 1.22 bits per heavy atom. The van der Waals surface area contributed by atoms with Crippen molar-refractivity contribution in [3.8, 4) is 11.3 Å². The highest BCUT2D eigenvalue weighted by Crippen LogP contribution is 2.32. The van der Waals surface area contributed by atoms with E-state index in [9.17, 15) is 13.6 Å². The predicted molar refractivity (Wildman–Crippen MR) is 99.3 cm³/mol. The maximum Gasteiger partial charge on any atom is 0.412 e. The molecule has 1 amide bonds. The van der Waals surface area contributed by atoms with Gasteiger partial charge < -0.3 is 9.26 Å². The summed E-state index contributed by atoms with van der Waals surface area (Å²) in [5.74, 6) is -1.11. The van der Waals surface area contributed by atoms with Gasteiger partial charge in [-0.05, 0) is 50.2 Å². The topological polar surface area (TPSA) is 64.4 Å². The van der Waals surface area contributed by atoms with Crippen LogP contribution < -0.4 is 5.32 Å². The Morgan fingerprint density at radius 3 is 2.59 bits per heavy atom. The first-order chi connectivity index (χ1) is 12.8. The van der Waals surface area contributed by atoms with Crippen molar-refractivity contribution in [1.29, 1.82) is 0 Å². The summed E-state index contributed by atoms with van der Waals surface area (Å²) in [6, 6.07) is 10.3. The molecule has 1 aromatic heterocycles. The first-order valence-corrected chi connectivity index (χ1v) is 8.79. The number of carbonyl (C=O) groups excluding carboxylic acids is 1. The first-order valence-electron chi connectivity index (χ1n) is 8.00. The molecule has 1 atom stereocenters. The monoisotopic (exact) mass is 436 g/mol. The van der Waals surface area contributed by atoms with Gasteiger partial charge in [-0.25, -0.2) is 13.6 Å². The summed E-state index contributed by atoms with van der Waals surface area (Å²) in [4.78, 5) is 12.3. The Bertz CT molecular complexity index is 974. The van der Waals surface area contributed by atoms with Crippen molar-refractivity contribution in [3.63, 3.8) is 0 Å². The molecule has 2 aromatic carbocycles. The molecule has 3 aromatic rings. The van der Waals surface area contributed by atoms with Gasteiger partial charge >= 0.3 is 6.09 Å². The van der Waals surface area contributed by atoms with Gasteiger partial charge in [0.1, 0.15) is 29.1 Å². The maximum absolute atomic E-state index is 13.8. The molecular weight excluding hydrogens is 422 g/mol. The quantitative estimate of drug-likeness (QED) is 0.544. The van der Waals surface area contributed by atoms with Crippen LogP contribution in [-0.4, -0.2) is 11.2 Å². The molecule has 140 valence electrons. The number of nitrogens with zero attached hydrogens (tertiary/aromatic N) is 1. The van der Waals surface area contributed by atoms with Gasteiger partial charge in [-0.15, -0.1) is 0 Å². The average molecular weight is 437 g/mol. The van der Waals surface area contributed by atoms with E-state index < -0.39 is 23.8 Å². The SMILES string of the molecule is Cc1noc(-c2ccc(Br)cc2)c1NC(=O)OC(C)c1ccc(F)cc1F. The molecule has 0 bridgehead atoms. The van der Waals surface area contributed by atoms with Crippen LogP contribution in [0.1, 0.15) is 24.3 Å². The highest BCUT2D eigenvalue weighted by atomic mass is 79.9. The normalized spacial score (nSPS) is 11.9. The molecule has 0 aliphatic heterocycles. The van der Waals surface area contributed by atoms with E-state index in [2.05, 4.69) is 26.4 Å². The number of rotatable bonds is 4. The van der Waals surface area contributed by atoms with Gasteiger partial charge in [-0.2, -0.15) is 0 Å².